The first-order chi connectivity index (χ1) is 29.3. The molecule has 0 spiro atoms. The second kappa shape index (κ2) is 14.5. The summed E-state index contributed by atoms with van der Waals surface area (Å²) in [5.74, 6) is 0. The van der Waals surface area contributed by atoms with Gasteiger partial charge in [-0.05, 0) is 101 Å². The van der Waals surface area contributed by atoms with Crippen molar-refractivity contribution in [2.24, 2.45) is 0 Å². The summed E-state index contributed by atoms with van der Waals surface area (Å²) in [6.45, 7) is 0. The normalized spacial score (nSPS) is 11.7. The predicted molar refractivity (Wildman–Crippen MR) is 306 cm³/mol. The minimum atomic E-state index is 0.905. The Kier molecular flexibility index (Phi) is 9.37. The van der Waals surface area contributed by atoms with Crippen molar-refractivity contribution < 1.29 is 4.42 Å². The van der Waals surface area contributed by atoms with E-state index < -0.39 is 0 Å². The van der Waals surface area contributed by atoms with Gasteiger partial charge in [0.15, 0.2) is 0 Å². The van der Waals surface area contributed by atoms with E-state index in [1.807, 2.05) is 0 Å². The van der Waals surface area contributed by atoms with Crippen molar-refractivity contribution >= 4 is 214 Å². The number of fused-ring (bicyclic) bond motifs is 6. The van der Waals surface area contributed by atoms with E-state index in [4.69, 9.17) is 4.42 Å². The van der Waals surface area contributed by atoms with Crippen molar-refractivity contribution in [2.45, 2.75) is 0 Å². The van der Waals surface area contributed by atoms with E-state index >= 15 is 0 Å². The van der Waals surface area contributed by atoms with Gasteiger partial charge in [-0.2, -0.15) is 0 Å². The fraction of sp³-hybridized carbons (Fsp3) is 0. The van der Waals surface area contributed by atoms with Gasteiger partial charge in [-0.15, -0.1) is 32.8 Å². The molecule has 0 amide bonds. The van der Waals surface area contributed by atoms with Gasteiger partial charge in [0.1, 0.15) is 105 Å². The highest BCUT2D eigenvalue weighted by atomic mass is 16.3. The predicted octanol–water partition coefficient (Wildman–Crippen LogP) is -7.19. The molecule has 0 aliphatic rings. The van der Waals surface area contributed by atoms with Crippen molar-refractivity contribution in [3.05, 3.63) is 109 Å². The lowest BCUT2D eigenvalue weighted by Crippen LogP contribution is -2.55. The lowest BCUT2D eigenvalue weighted by Gasteiger charge is -2.24. The third kappa shape index (κ3) is 5.72. The first-order valence-electron chi connectivity index (χ1n) is 21.9. The average molecular weight is 765 g/mol. The van der Waals surface area contributed by atoms with Gasteiger partial charge in [0, 0.05) is 10.8 Å². The lowest BCUT2D eigenvalue weighted by atomic mass is 9.59. The van der Waals surface area contributed by atoms with Crippen molar-refractivity contribution in [3.63, 3.8) is 0 Å². The molecule has 0 N–H and O–H groups in total. The van der Waals surface area contributed by atoms with E-state index in [0.29, 0.717) is 0 Å². The molecule has 0 atom stereocenters. The van der Waals surface area contributed by atoms with Crippen LogP contribution in [0.1, 0.15) is 0 Å². The number of benzene rings is 9. The number of hydrogen-bond acceptors (Lipinski definition) is 1. The van der Waals surface area contributed by atoms with Crippen LogP contribution in [0.15, 0.2) is 114 Å². The SMILES string of the molecule is Bc1c(B)c(B)c(-c2ccc3c(-c4cccc5oc6cc(-c7c(B)c(B)c(B)c8c(B)c(B)c(B)c(B)c78)ccc6c45)c4ccccc4c(-c4ccccc4)c3c2)c(B)c1B. The molecule has 61 heavy (non-hydrogen) atoms. The highest BCUT2D eigenvalue weighted by Gasteiger charge is 2.24. The molecule has 1 nitrogen and oxygen atoms in total. The first kappa shape index (κ1) is 39.5. The van der Waals surface area contributed by atoms with Crippen molar-refractivity contribution in [1.29, 1.82) is 0 Å². The molecule has 0 saturated carbocycles. The number of hydrogen-bond donors (Lipinski definition) is 0. The van der Waals surface area contributed by atoms with Crippen molar-refractivity contribution in [1.82, 2.24) is 0 Å². The van der Waals surface area contributed by atoms with Crippen LogP contribution in [0.3, 0.4) is 0 Å². The molecular formula is C48H42B12O. The molecule has 0 aliphatic carbocycles. The molecule has 0 fully saturated rings. The van der Waals surface area contributed by atoms with Gasteiger partial charge < -0.3 is 4.42 Å². The maximum atomic E-state index is 6.93. The van der Waals surface area contributed by atoms with Crippen LogP contribution in [0.5, 0.6) is 0 Å². The van der Waals surface area contributed by atoms with Gasteiger partial charge in [-0.1, -0.05) is 118 Å². The van der Waals surface area contributed by atoms with Gasteiger partial charge in [0.25, 0.3) is 0 Å². The van der Waals surface area contributed by atoms with E-state index in [1.165, 1.54) is 142 Å². The summed E-state index contributed by atoms with van der Waals surface area (Å²) in [6, 6.07) is 40.8. The van der Waals surface area contributed by atoms with Crippen LogP contribution < -0.4 is 65.6 Å². The maximum Gasteiger partial charge on any atom is 0.139 e. The Balaban J connectivity index is 1.28. The Morgan fingerprint density at radius 1 is 0.262 bits per heavy atom. The standard InChI is InChI=1S/C48H42B12O/c49-37-31(35-36(41(53)43(37)55)42(54)47(59)46(58)40(35)52)21-14-16-25-29(18-21)61-28-12-6-11-26(34(25)28)33-23-10-5-4-9-22(23)30(19-7-2-1-3-8-19)27-17-20(13-15-24(27)33)32-38(50)44(56)48(60)45(57)39(32)51/h1-18H,49-60H2. The smallest absolute Gasteiger partial charge is 0.139 e. The van der Waals surface area contributed by atoms with Crippen LogP contribution in [0.4, 0.5) is 0 Å². The summed E-state index contributed by atoms with van der Waals surface area (Å²) in [7, 11) is 27.4. The molecule has 0 bridgehead atoms. The molecule has 10 aromatic rings. The van der Waals surface area contributed by atoms with Crippen LogP contribution in [0, 0.1) is 0 Å². The van der Waals surface area contributed by atoms with Crippen LogP contribution >= 0.6 is 0 Å². The molecule has 276 valence electrons. The molecular weight excluding hydrogens is 722 g/mol. The van der Waals surface area contributed by atoms with E-state index in [-0.39, 0.29) is 0 Å². The topological polar surface area (TPSA) is 13.1 Å². The van der Waals surface area contributed by atoms with Crippen LogP contribution in [-0.2, 0) is 0 Å². The van der Waals surface area contributed by atoms with Crippen molar-refractivity contribution in [2.75, 3.05) is 0 Å². The minimum Gasteiger partial charge on any atom is -0.456 e. The molecule has 9 aromatic carbocycles. The first-order valence-corrected chi connectivity index (χ1v) is 21.9. The van der Waals surface area contributed by atoms with Crippen LogP contribution in [-0.4, -0.2) is 94.2 Å². The summed E-state index contributed by atoms with van der Waals surface area (Å²) >= 11 is 0. The van der Waals surface area contributed by atoms with Gasteiger partial charge in [-0.3, -0.25) is 0 Å². The summed E-state index contributed by atoms with van der Waals surface area (Å²) in [6.07, 6.45) is 0. The monoisotopic (exact) mass is 766 g/mol. The Labute approximate surface area is 370 Å². The molecule has 0 unspecified atom stereocenters. The highest BCUT2D eigenvalue weighted by molar-refractivity contribution is 6.72. The Hall–Kier alpha value is -5.66. The zero-order chi connectivity index (χ0) is 42.8. The maximum absolute atomic E-state index is 6.93. The minimum absolute atomic E-state index is 0.905. The number of furan rings is 1. The summed E-state index contributed by atoms with van der Waals surface area (Å²) < 4.78 is 6.93. The molecule has 0 radical (unpaired) electrons. The molecule has 10 rings (SSSR count). The van der Waals surface area contributed by atoms with Gasteiger partial charge in [0.2, 0.25) is 0 Å². The number of rotatable bonds is 4. The third-order valence-electron chi connectivity index (χ3n) is 15.2. The third-order valence-corrected chi connectivity index (χ3v) is 15.2. The van der Waals surface area contributed by atoms with Crippen LogP contribution in [0.25, 0.3) is 98.8 Å². The second-order valence-corrected chi connectivity index (χ2v) is 17.9. The molecule has 0 saturated heterocycles. The summed E-state index contributed by atoms with van der Waals surface area (Å²) in [5.41, 5.74) is 28.3. The van der Waals surface area contributed by atoms with Crippen molar-refractivity contribution in [3.8, 4) is 44.5 Å². The summed E-state index contributed by atoms with van der Waals surface area (Å²) in [4.78, 5) is 0. The highest BCUT2D eigenvalue weighted by Crippen LogP contribution is 2.47. The lowest BCUT2D eigenvalue weighted by molar-refractivity contribution is 0.669. The molecule has 13 heteroatoms. The zero-order valence-electron chi connectivity index (χ0n) is 37.8. The Bertz CT molecular complexity index is 3520. The van der Waals surface area contributed by atoms with E-state index in [0.717, 1.165) is 21.9 Å². The van der Waals surface area contributed by atoms with Gasteiger partial charge in [0.05, 0.1) is 0 Å². The van der Waals surface area contributed by atoms with E-state index in [2.05, 4.69) is 203 Å². The molecule has 1 aromatic heterocycles. The van der Waals surface area contributed by atoms with Crippen LogP contribution in [0.2, 0.25) is 0 Å². The quantitative estimate of drug-likeness (QED) is 0.129. The Morgan fingerprint density at radius 2 is 0.754 bits per heavy atom. The molecule has 1 heterocycles. The fourth-order valence-electron chi connectivity index (χ4n) is 11.0. The largest absolute Gasteiger partial charge is 0.456 e. The fourth-order valence-corrected chi connectivity index (χ4v) is 11.0. The van der Waals surface area contributed by atoms with E-state index in [1.54, 1.807) is 0 Å². The van der Waals surface area contributed by atoms with E-state index in [9.17, 15) is 0 Å². The Morgan fingerprint density at radius 3 is 1.41 bits per heavy atom. The summed E-state index contributed by atoms with van der Waals surface area (Å²) in [5, 5.41) is 10.0. The zero-order valence-corrected chi connectivity index (χ0v) is 37.8. The molecule has 0 aliphatic heterocycles. The van der Waals surface area contributed by atoms with Gasteiger partial charge in [-0.25, -0.2) is 0 Å². The second-order valence-electron chi connectivity index (χ2n) is 17.9. The van der Waals surface area contributed by atoms with Gasteiger partial charge >= 0.3 is 0 Å². The average Bonchev–Trinajstić information content (AvgIpc) is 3.66.